The van der Waals surface area contributed by atoms with Gasteiger partial charge in [-0.3, -0.25) is 4.79 Å². The molecule has 1 N–H and O–H groups in total. The third-order valence-corrected chi connectivity index (χ3v) is 2.37. The van der Waals surface area contributed by atoms with Crippen molar-refractivity contribution < 1.29 is 18.0 Å². The Balaban J connectivity index is 2.98. The van der Waals surface area contributed by atoms with Gasteiger partial charge in [-0.05, 0) is 6.07 Å². The van der Waals surface area contributed by atoms with Crippen LogP contribution in [0.4, 0.5) is 19.0 Å². The van der Waals surface area contributed by atoms with Crippen LogP contribution in [0, 0.1) is 5.41 Å². The summed E-state index contributed by atoms with van der Waals surface area (Å²) in [5.41, 5.74) is -1.64. The van der Waals surface area contributed by atoms with E-state index in [1.165, 1.54) is 0 Å². The molecule has 1 aromatic heterocycles. The van der Waals surface area contributed by atoms with E-state index in [4.69, 9.17) is 11.6 Å². The first-order valence-corrected chi connectivity index (χ1v) is 5.44. The summed E-state index contributed by atoms with van der Waals surface area (Å²) in [7, 11) is 0. The minimum absolute atomic E-state index is 0.0791. The van der Waals surface area contributed by atoms with Gasteiger partial charge in [0.1, 0.15) is 0 Å². The standard InChI is InChI=1S/C11H12ClF3N2O/c1-10(2,3)9(18)17-8-7(12)4-6(5-16-8)11(13,14)15/h4-5H,1-3H3,(H,16,17,18). The number of aromatic nitrogens is 1. The van der Waals surface area contributed by atoms with Crippen molar-refractivity contribution in [2.24, 2.45) is 5.41 Å². The summed E-state index contributed by atoms with van der Waals surface area (Å²) in [6.45, 7) is 5.00. The molecule has 0 aliphatic heterocycles. The minimum Gasteiger partial charge on any atom is -0.309 e. The Hall–Kier alpha value is -1.30. The molecule has 100 valence electrons. The van der Waals surface area contributed by atoms with Crippen LogP contribution in [-0.2, 0) is 11.0 Å². The maximum Gasteiger partial charge on any atom is 0.417 e. The summed E-state index contributed by atoms with van der Waals surface area (Å²) in [5, 5.41) is 2.13. The summed E-state index contributed by atoms with van der Waals surface area (Å²) in [5.74, 6) is -0.457. The number of halogens is 4. The number of amides is 1. The summed E-state index contributed by atoms with van der Waals surface area (Å²) in [6, 6.07) is 0.729. The Bertz CT molecular complexity index is 466. The molecule has 1 heterocycles. The number of carbonyl (C=O) groups excluding carboxylic acids is 1. The van der Waals surface area contributed by atoms with Crippen molar-refractivity contribution in [1.82, 2.24) is 4.98 Å². The van der Waals surface area contributed by atoms with E-state index in [1.54, 1.807) is 20.8 Å². The average molecular weight is 281 g/mol. The minimum atomic E-state index is -4.51. The lowest BCUT2D eigenvalue weighted by Crippen LogP contribution is -2.28. The van der Waals surface area contributed by atoms with E-state index in [2.05, 4.69) is 10.3 Å². The lowest BCUT2D eigenvalue weighted by molar-refractivity contribution is -0.137. The number of alkyl halides is 3. The molecule has 1 rings (SSSR count). The molecule has 0 fully saturated rings. The molecule has 0 saturated heterocycles. The van der Waals surface area contributed by atoms with Crippen LogP contribution in [-0.4, -0.2) is 10.9 Å². The van der Waals surface area contributed by atoms with Crippen LogP contribution < -0.4 is 5.32 Å². The fourth-order valence-electron chi connectivity index (χ4n) is 0.980. The van der Waals surface area contributed by atoms with Crippen LogP contribution in [0.1, 0.15) is 26.3 Å². The third-order valence-electron chi connectivity index (χ3n) is 2.08. The normalized spacial score (nSPS) is 12.4. The highest BCUT2D eigenvalue weighted by Gasteiger charge is 2.32. The molecule has 1 aromatic rings. The Morgan fingerprint density at radius 3 is 2.28 bits per heavy atom. The zero-order valence-corrected chi connectivity index (χ0v) is 10.8. The number of hydrogen-bond donors (Lipinski definition) is 1. The molecule has 0 radical (unpaired) electrons. The molecule has 1 amide bonds. The van der Waals surface area contributed by atoms with Gasteiger partial charge in [-0.2, -0.15) is 13.2 Å². The fraction of sp³-hybridized carbons (Fsp3) is 0.455. The van der Waals surface area contributed by atoms with Gasteiger partial charge in [0.2, 0.25) is 5.91 Å². The van der Waals surface area contributed by atoms with Crippen molar-refractivity contribution >= 4 is 23.3 Å². The van der Waals surface area contributed by atoms with Crippen molar-refractivity contribution in [3.8, 4) is 0 Å². The van der Waals surface area contributed by atoms with E-state index < -0.39 is 17.2 Å². The number of carbonyl (C=O) groups is 1. The maximum absolute atomic E-state index is 12.4. The quantitative estimate of drug-likeness (QED) is 0.851. The summed E-state index contributed by atoms with van der Waals surface area (Å²) < 4.78 is 37.1. The molecule has 0 saturated carbocycles. The fourth-order valence-corrected chi connectivity index (χ4v) is 1.19. The van der Waals surface area contributed by atoms with Crippen LogP contribution in [0.15, 0.2) is 12.3 Å². The van der Waals surface area contributed by atoms with Gasteiger partial charge >= 0.3 is 6.18 Å². The summed E-state index contributed by atoms with van der Waals surface area (Å²) in [6.07, 6.45) is -3.88. The Kier molecular flexibility index (Phi) is 3.90. The predicted octanol–water partition coefficient (Wildman–Crippen LogP) is 3.74. The highest BCUT2D eigenvalue weighted by atomic mass is 35.5. The van der Waals surface area contributed by atoms with E-state index in [-0.39, 0.29) is 16.7 Å². The number of anilines is 1. The van der Waals surface area contributed by atoms with Gasteiger partial charge in [0.05, 0.1) is 10.6 Å². The van der Waals surface area contributed by atoms with Gasteiger partial charge in [-0.25, -0.2) is 4.98 Å². The smallest absolute Gasteiger partial charge is 0.309 e. The largest absolute Gasteiger partial charge is 0.417 e. The molecule has 0 aliphatic carbocycles. The number of pyridine rings is 1. The zero-order valence-electron chi connectivity index (χ0n) is 10.0. The molecule has 0 atom stereocenters. The van der Waals surface area contributed by atoms with Crippen molar-refractivity contribution in [2.45, 2.75) is 26.9 Å². The first kappa shape index (κ1) is 14.8. The zero-order chi connectivity index (χ0) is 14.1. The lowest BCUT2D eigenvalue weighted by atomic mass is 9.96. The Morgan fingerprint density at radius 1 is 1.33 bits per heavy atom. The van der Waals surface area contributed by atoms with Crippen LogP contribution >= 0.6 is 11.6 Å². The highest BCUT2D eigenvalue weighted by Crippen LogP contribution is 2.32. The third kappa shape index (κ3) is 3.60. The molecular weight excluding hydrogens is 269 g/mol. The van der Waals surface area contributed by atoms with Gasteiger partial charge < -0.3 is 5.32 Å². The van der Waals surface area contributed by atoms with E-state index in [0.717, 1.165) is 6.07 Å². The molecule has 3 nitrogen and oxygen atoms in total. The van der Waals surface area contributed by atoms with Gasteiger partial charge in [-0.1, -0.05) is 32.4 Å². The molecule has 0 unspecified atom stereocenters. The van der Waals surface area contributed by atoms with E-state index in [1.807, 2.05) is 0 Å². The lowest BCUT2D eigenvalue weighted by Gasteiger charge is -2.18. The molecule has 7 heteroatoms. The Labute approximate surface area is 107 Å². The van der Waals surface area contributed by atoms with E-state index >= 15 is 0 Å². The van der Waals surface area contributed by atoms with Gasteiger partial charge in [-0.15, -0.1) is 0 Å². The second kappa shape index (κ2) is 4.76. The number of nitrogens with zero attached hydrogens (tertiary/aromatic N) is 1. The molecule has 18 heavy (non-hydrogen) atoms. The molecule has 0 aromatic carbocycles. The van der Waals surface area contributed by atoms with E-state index in [0.29, 0.717) is 6.20 Å². The first-order chi connectivity index (χ1) is 8.01. The molecule has 0 spiro atoms. The molecule has 0 aliphatic rings. The van der Waals surface area contributed by atoms with Crippen molar-refractivity contribution in [3.63, 3.8) is 0 Å². The van der Waals surface area contributed by atoms with Gasteiger partial charge in [0.15, 0.2) is 5.82 Å². The molecule has 0 bridgehead atoms. The van der Waals surface area contributed by atoms with Gasteiger partial charge in [0, 0.05) is 11.6 Å². The monoisotopic (exact) mass is 280 g/mol. The topological polar surface area (TPSA) is 42.0 Å². The predicted molar refractivity (Wildman–Crippen MR) is 62.3 cm³/mol. The summed E-state index contributed by atoms with van der Waals surface area (Å²) >= 11 is 5.65. The average Bonchev–Trinajstić information content (AvgIpc) is 2.17. The van der Waals surface area contributed by atoms with Crippen LogP contribution in [0.25, 0.3) is 0 Å². The Morgan fingerprint density at radius 2 is 1.89 bits per heavy atom. The van der Waals surface area contributed by atoms with Crippen LogP contribution in [0.5, 0.6) is 0 Å². The maximum atomic E-state index is 12.4. The van der Waals surface area contributed by atoms with Crippen molar-refractivity contribution in [1.29, 1.82) is 0 Å². The van der Waals surface area contributed by atoms with E-state index in [9.17, 15) is 18.0 Å². The second-order valence-corrected chi connectivity index (χ2v) is 5.16. The number of nitrogens with one attached hydrogen (secondary N) is 1. The van der Waals surface area contributed by atoms with Gasteiger partial charge in [0.25, 0.3) is 0 Å². The number of rotatable bonds is 1. The molecular formula is C11H12ClF3N2O. The first-order valence-electron chi connectivity index (χ1n) is 5.06. The number of hydrogen-bond acceptors (Lipinski definition) is 2. The highest BCUT2D eigenvalue weighted by molar-refractivity contribution is 6.33. The van der Waals surface area contributed by atoms with Crippen molar-refractivity contribution in [3.05, 3.63) is 22.8 Å². The van der Waals surface area contributed by atoms with Crippen LogP contribution in [0.2, 0.25) is 5.02 Å². The second-order valence-electron chi connectivity index (χ2n) is 4.76. The SMILES string of the molecule is CC(C)(C)C(=O)Nc1ncc(C(F)(F)F)cc1Cl. The van der Waals surface area contributed by atoms with Crippen molar-refractivity contribution in [2.75, 3.05) is 5.32 Å². The summed E-state index contributed by atoms with van der Waals surface area (Å²) in [4.78, 5) is 15.2. The van der Waals surface area contributed by atoms with Crippen LogP contribution in [0.3, 0.4) is 0 Å².